The second-order valence-electron chi connectivity index (χ2n) is 6.03. The molecule has 7 nitrogen and oxygen atoms in total. The lowest BCUT2D eigenvalue weighted by atomic mass is 10.1. The highest BCUT2D eigenvalue weighted by atomic mass is 31.1. The minimum atomic E-state index is -2.11. The highest BCUT2D eigenvalue weighted by Gasteiger charge is 2.23. The summed E-state index contributed by atoms with van der Waals surface area (Å²) in [4.78, 5) is 23.9. The molecular weight excluding hydrogens is 343 g/mol. The van der Waals surface area contributed by atoms with Crippen molar-refractivity contribution >= 4 is 19.9 Å². The molecule has 0 rings (SSSR count). The number of hydrogen-bond acceptors (Lipinski definition) is 6. The zero-order chi connectivity index (χ0) is 18.9. The van der Waals surface area contributed by atoms with Gasteiger partial charge in [0.25, 0.3) is 0 Å². The SMILES string of the molecule is CCCCOC(=O)CCC(C[PH](=O)NCCCN)C(=O)OCCCC. The van der Waals surface area contributed by atoms with E-state index in [0.717, 1.165) is 32.1 Å². The van der Waals surface area contributed by atoms with Crippen LogP contribution in [-0.4, -0.2) is 44.4 Å². The molecule has 0 aliphatic rings. The van der Waals surface area contributed by atoms with E-state index >= 15 is 0 Å². The molecule has 0 bridgehead atoms. The number of carbonyl (C=O) groups excluding carboxylic acids is 2. The average molecular weight is 378 g/mol. The van der Waals surface area contributed by atoms with E-state index in [1.807, 2.05) is 13.8 Å². The molecule has 0 fully saturated rings. The van der Waals surface area contributed by atoms with E-state index in [1.165, 1.54) is 0 Å². The van der Waals surface area contributed by atoms with Crippen LogP contribution >= 0.6 is 7.95 Å². The van der Waals surface area contributed by atoms with Crippen molar-refractivity contribution in [1.82, 2.24) is 5.09 Å². The molecule has 0 amide bonds. The van der Waals surface area contributed by atoms with Crippen molar-refractivity contribution < 1.29 is 23.6 Å². The van der Waals surface area contributed by atoms with Gasteiger partial charge in [0.15, 0.2) is 0 Å². The Kier molecular flexibility index (Phi) is 16.0. The van der Waals surface area contributed by atoms with Crippen LogP contribution < -0.4 is 10.8 Å². The number of hydrogen-bond donors (Lipinski definition) is 2. The van der Waals surface area contributed by atoms with Gasteiger partial charge in [0.05, 0.1) is 19.1 Å². The molecule has 0 aromatic carbocycles. The smallest absolute Gasteiger partial charge is 0.309 e. The standard InChI is InChI=1S/C17H35N2O5P/c1-3-5-12-23-16(20)9-8-15(17(21)24-13-6-4-2)14-25(22)19-11-7-10-18/h15,25H,3-14,18H2,1-2H3,(H,19,22). The van der Waals surface area contributed by atoms with Crippen LogP contribution in [0.15, 0.2) is 0 Å². The molecule has 0 aromatic heterocycles. The van der Waals surface area contributed by atoms with Gasteiger partial charge in [-0.15, -0.1) is 0 Å². The van der Waals surface area contributed by atoms with Crippen LogP contribution in [0.1, 0.15) is 58.8 Å². The van der Waals surface area contributed by atoms with Crippen LogP contribution in [-0.2, 0) is 23.6 Å². The second-order valence-corrected chi connectivity index (χ2v) is 7.64. The minimum Gasteiger partial charge on any atom is -0.466 e. The number of nitrogens with two attached hydrogens (primary N) is 1. The predicted molar refractivity (Wildman–Crippen MR) is 100 cm³/mol. The quantitative estimate of drug-likeness (QED) is 0.241. The van der Waals surface area contributed by atoms with Crippen LogP contribution in [0.4, 0.5) is 0 Å². The van der Waals surface area contributed by atoms with E-state index in [-0.39, 0.29) is 24.5 Å². The molecule has 2 atom stereocenters. The monoisotopic (exact) mass is 378 g/mol. The first kappa shape index (κ1) is 24.1. The summed E-state index contributed by atoms with van der Waals surface area (Å²) in [5, 5.41) is 2.91. The van der Waals surface area contributed by atoms with E-state index in [0.29, 0.717) is 32.7 Å². The molecule has 0 aliphatic heterocycles. The van der Waals surface area contributed by atoms with Gasteiger partial charge in [-0.25, -0.2) is 0 Å². The summed E-state index contributed by atoms with van der Waals surface area (Å²) in [5.41, 5.74) is 5.41. The molecular formula is C17H35N2O5P. The molecule has 0 aromatic rings. The molecule has 0 aliphatic carbocycles. The van der Waals surface area contributed by atoms with Gasteiger partial charge in [-0.1, -0.05) is 26.7 Å². The summed E-state index contributed by atoms with van der Waals surface area (Å²) >= 11 is 0. The first-order chi connectivity index (χ1) is 12.0. The number of rotatable bonds is 16. The maximum atomic E-state index is 12.2. The zero-order valence-corrected chi connectivity index (χ0v) is 16.7. The summed E-state index contributed by atoms with van der Waals surface area (Å²) in [7, 11) is -2.11. The fourth-order valence-electron chi connectivity index (χ4n) is 2.06. The Hall–Kier alpha value is -0.910. The van der Waals surface area contributed by atoms with Gasteiger partial charge < -0.3 is 19.8 Å². The predicted octanol–water partition coefficient (Wildman–Crippen LogP) is 2.48. The van der Waals surface area contributed by atoms with E-state index in [1.54, 1.807) is 0 Å². The van der Waals surface area contributed by atoms with Crippen LogP contribution in [0.25, 0.3) is 0 Å². The van der Waals surface area contributed by atoms with Crippen LogP contribution in [0.3, 0.4) is 0 Å². The van der Waals surface area contributed by atoms with Crippen molar-refractivity contribution in [1.29, 1.82) is 0 Å². The third kappa shape index (κ3) is 14.0. The molecule has 0 saturated carbocycles. The summed E-state index contributed by atoms with van der Waals surface area (Å²) < 4.78 is 22.5. The Bertz CT molecular complexity index is 393. The lowest BCUT2D eigenvalue weighted by molar-refractivity contribution is -0.149. The Balaban J connectivity index is 4.42. The third-order valence-electron chi connectivity index (χ3n) is 3.67. The molecule has 2 unspecified atom stereocenters. The van der Waals surface area contributed by atoms with Gasteiger partial charge >= 0.3 is 11.9 Å². The summed E-state index contributed by atoms with van der Waals surface area (Å²) in [6.45, 7) is 5.87. The fraction of sp³-hybridized carbons (Fsp3) is 0.882. The number of ether oxygens (including phenoxy) is 2. The number of unbranched alkanes of at least 4 members (excludes halogenated alkanes) is 2. The average Bonchev–Trinajstić information content (AvgIpc) is 2.59. The van der Waals surface area contributed by atoms with Crippen LogP contribution in [0.5, 0.6) is 0 Å². The molecule has 0 spiro atoms. The van der Waals surface area contributed by atoms with Crippen molar-refractivity contribution in [2.45, 2.75) is 58.8 Å². The molecule has 8 heteroatoms. The summed E-state index contributed by atoms with van der Waals surface area (Å²) in [6, 6.07) is 0. The first-order valence-corrected chi connectivity index (χ1v) is 11.0. The Morgan fingerprint density at radius 3 is 2.32 bits per heavy atom. The lowest BCUT2D eigenvalue weighted by Gasteiger charge is -2.16. The van der Waals surface area contributed by atoms with E-state index in [9.17, 15) is 14.2 Å². The highest BCUT2D eigenvalue weighted by molar-refractivity contribution is 7.42. The van der Waals surface area contributed by atoms with Gasteiger partial charge in [0.2, 0.25) is 0 Å². The first-order valence-electron chi connectivity index (χ1n) is 9.34. The van der Waals surface area contributed by atoms with Gasteiger partial charge in [-0.3, -0.25) is 14.7 Å². The number of carbonyl (C=O) groups is 2. The largest absolute Gasteiger partial charge is 0.466 e. The Morgan fingerprint density at radius 1 is 1.08 bits per heavy atom. The van der Waals surface area contributed by atoms with Crippen molar-refractivity contribution in [2.75, 3.05) is 32.5 Å². The van der Waals surface area contributed by atoms with Gasteiger partial charge in [-0.05, 0) is 32.2 Å². The Morgan fingerprint density at radius 2 is 1.72 bits per heavy atom. The van der Waals surface area contributed by atoms with E-state index in [4.69, 9.17) is 15.2 Å². The van der Waals surface area contributed by atoms with Crippen LogP contribution in [0, 0.1) is 5.92 Å². The Labute approximate surface area is 152 Å². The minimum absolute atomic E-state index is 0.134. The highest BCUT2D eigenvalue weighted by Crippen LogP contribution is 2.24. The maximum absolute atomic E-state index is 12.2. The molecule has 3 N–H and O–H groups in total. The molecule has 0 heterocycles. The molecule has 25 heavy (non-hydrogen) atoms. The number of nitrogens with one attached hydrogen (secondary N) is 1. The van der Waals surface area contributed by atoms with Crippen molar-refractivity contribution in [3.05, 3.63) is 0 Å². The normalized spacial score (nSPS) is 13.2. The lowest BCUT2D eigenvalue weighted by Crippen LogP contribution is -2.24. The van der Waals surface area contributed by atoms with E-state index < -0.39 is 13.9 Å². The molecule has 148 valence electrons. The molecule has 0 saturated heterocycles. The molecule has 0 radical (unpaired) electrons. The second kappa shape index (κ2) is 16.6. The zero-order valence-electron chi connectivity index (χ0n) is 15.7. The summed E-state index contributed by atoms with van der Waals surface area (Å²) in [5.74, 6) is -1.25. The topological polar surface area (TPSA) is 108 Å². The van der Waals surface area contributed by atoms with Crippen molar-refractivity contribution in [3.8, 4) is 0 Å². The van der Waals surface area contributed by atoms with Crippen molar-refractivity contribution in [3.63, 3.8) is 0 Å². The van der Waals surface area contributed by atoms with E-state index in [2.05, 4.69) is 5.09 Å². The maximum Gasteiger partial charge on any atom is 0.309 e. The van der Waals surface area contributed by atoms with Crippen LogP contribution in [0.2, 0.25) is 0 Å². The summed E-state index contributed by atoms with van der Waals surface area (Å²) in [6.07, 6.45) is 4.86. The van der Waals surface area contributed by atoms with Crippen molar-refractivity contribution in [2.24, 2.45) is 11.7 Å². The van der Waals surface area contributed by atoms with Gasteiger partial charge in [-0.2, -0.15) is 0 Å². The number of esters is 2. The fourth-order valence-corrected chi connectivity index (χ4v) is 3.48. The van der Waals surface area contributed by atoms with Gasteiger partial charge in [0, 0.05) is 19.1 Å². The third-order valence-corrected chi connectivity index (χ3v) is 5.18. The van der Waals surface area contributed by atoms with Gasteiger partial charge in [0.1, 0.15) is 7.95 Å².